The van der Waals surface area contributed by atoms with Crippen molar-refractivity contribution in [3.05, 3.63) is 18.0 Å². The van der Waals surface area contributed by atoms with Gasteiger partial charge in [-0.1, -0.05) is 12.8 Å². The summed E-state index contributed by atoms with van der Waals surface area (Å²) in [5.74, 6) is -0.0355. The molecule has 2 N–H and O–H groups in total. The molecule has 2 atom stereocenters. The van der Waals surface area contributed by atoms with E-state index < -0.39 is 0 Å². The largest absolute Gasteiger partial charge is 0.391 e. The van der Waals surface area contributed by atoms with Gasteiger partial charge in [0.25, 0.3) is 5.91 Å². The Morgan fingerprint density at radius 3 is 2.48 bits per heavy atom. The van der Waals surface area contributed by atoms with E-state index >= 15 is 0 Å². The first kappa shape index (κ1) is 18.4. The van der Waals surface area contributed by atoms with Gasteiger partial charge in [0.15, 0.2) is 0 Å². The number of rotatable bonds is 3. The lowest BCUT2D eigenvalue weighted by molar-refractivity contribution is 0.00727. The zero-order valence-corrected chi connectivity index (χ0v) is 15.7. The number of carbonyl (C=O) groups is 1. The maximum absolute atomic E-state index is 12.5. The Balaban J connectivity index is 1.50. The molecule has 2 heterocycles. The van der Waals surface area contributed by atoms with Crippen molar-refractivity contribution >= 4 is 5.91 Å². The molecule has 0 bridgehead atoms. The van der Waals surface area contributed by atoms with Gasteiger partial charge in [0.1, 0.15) is 0 Å². The molecule has 2 fully saturated rings. The number of piperidine rings is 1. The highest BCUT2D eigenvalue weighted by Gasteiger charge is 2.32. The number of likely N-dealkylation sites (tertiary alicyclic amines) is 1. The number of nitrogens with one attached hydrogen (secondary N) is 1. The molecule has 2 unspecified atom stereocenters. The first-order valence-corrected chi connectivity index (χ1v) is 9.63. The predicted molar refractivity (Wildman–Crippen MR) is 97.5 cm³/mol. The zero-order chi connectivity index (χ0) is 18.0. The van der Waals surface area contributed by atoms with Crippen LogP contribution < -0.4 is 5.32 Å². The van der Waals surface area contributed by atoms with Crippen molar-refractivity contribution in [2.75, 3.05) is 13.1 Å². The van der Waals surface area contributed by atoms with Gasteiger partial charge in [-0.15, -0.1) is 0 Å². The molecule has 6 nitrogen and oxygen atoms in total. The number of nitrogens with zero attached hydrogens (tertiary/aromatic N) is 3. The van der Waals surface area contributed by atoms with Gasteiger partial charge in [-0.3, -0.25) is 14.4 Å². The van der Waals surface area contributed by atoms with E-state index in [1.807, 2.05) is 10.9 Å². The summed E-state index contributed by atoms with van der Waals surface area (Å²) in [7, 11) is 0. The third kappa shape index (κ3) is 4.42. The van der Waals surface area contributed by atoms with E-state index in [0.29, 0.717) is 11.6 Å². The highest BCUT2D eigenvalue weighted by molar-refractivity contribution is 5.93. The Kier molecular flexibility index (Phi) is 5.49. The monoisotopic (exact) mass is 348 g/mol. The molecule has 3 rings (SSSR count). The molecule has 0 radical (unpaired) electrons. The van der Waals surface area contributed by atoms with Gasteiger partial charge in [-0.2, -0.15) is 5.10 Å². The van der Waals surface area contributed by atoms with Gasteiger partial charge < -0.3 is 10.4 Å². The van der Waals surface area contributed by atoms with E-state index in [9.17, 15) is 9.90 Å². The minimum absolute atomic E-state index is 0.0355. The van der Waals surface area contributed by atoms with Crippen molar-refractivity contribution in [2.45, 2.75) is 83.0 Å². The van der Waals surface area contributed by atoms with Crippen molar-refractivity contribution in [3.8, 4) is 0 Å². The Morgan fingerprint density at radius 2 is 1.88 bits per heavy atom. The Labute approximate surface area is 150 Å². The van der Waals surface area contributed by atoms with E-state index in [0.717, 1.165) is 45.2 Å². The lowest BCUT2D eigenvalue weighted by Gasteiger charge is -2.41. The predicted octanol–water partition coefficient (Wildman–Crippen LogP) is 2.14. The van der Waals surface area contributed by atoms with Gasteiger partial charge >= 0.3 is 0 Å². The summed E-state index contributed by atoms with van der Waals surface area (Å²) in [5.41, 5.74) is 0.505. The maximum Gasteiger partial charge on any atom is 0.254 e. The zero-order valence-electron chi connectivity index (χ0n) is 15.7. The average Bonchev–Trinajstić information content (AvgIpc) is 3.07. The molecule has 25 heavy (non-hydrogen) atoms. The molecule has 1 aromatic heterocycles. The molecular weight excluding hydrogens is 316 g/mol. The summed E-state index contributed by atoms with van der Waals surface area (Å²) in [4.78, 5) is 14.9. The molecule has 1 saturated carbocycles. The molecule has 0 spiro atoms. The van der Waals surface area contributed by atoms with Crippen LogP contribution >= 0.6 is 0 Å². The minimum atomic E-state index is -0.178. The van der Waals surface area contributed by atoms with Crippen LogP contribution in [0.2, 0.25) is 0 Å². The van der Waals surface area contributed by atoms with E-state index in [-0.39, 0.29) is 23.6 Å². The summed E-state index contributed by atoms with van der Waals surface area (Å²) >= 11 is 0. The summed E-state index contributed by atoms with van der Waals surface area (Å²) in [5, 5.41) is 17.7. The van der Waals surface area contributed by atoms with Gasteiger partial charge in [-0.05, 0) is 46.5 Å². The fraction of sp³-hybridized carbons (Fsp3) is 0.789. The summed E-state index contributed by atoms with van der Waals surface area (Å²) in [6.07, 6.45) is 9.58. The fourth-order valence-electron chi connectivity index (χ4n) is 3.97. The van der Waals surface area contributed by atoms with Crippen LogP contribution in [0, 0.1) is 0 Å². The number of hydrogen-bond acceptors (Lipinski definition) is 4. The Hall–Kier alpha value is -1.40. The second kappa shape index (κ2) is 7.46. The van der Waals surface area contributed by atoms with Crippen LogP contribution in [-0.2, 0) is 5.54 Å². The molecule has 1 aromatic rings. The van der Waals surface area contributed by atoms with Crippen LogP contribution in [0.25, 0.3) is 0 Å². The summed E-state index contributed by atoms with van der Waals surface area (Å²) in [6.45, 7) is 8.10. The molecular formula is C19H32N4O2. The normalized spacial score (nSPS) is 26.6. The summed E-state index contributed by atoms with van der Waals surface area (Å²) in [6, 6.07) is 0.526. The van der Waals surface area contributed by atoms with Crippen molar-refractivity contribution in [1.82, 2.24) is 20.0 Å². The van der Waals surface area contributed by atoms with Crippen LogP contribution in [0.15, 0.2) is 12.4 Å². The molecule has 6 heteroatoms. The topological polar surface area (TPSA) is 70.4 Å². The lowest BCUT2D eigenvalue weighted by Crippen LogP contribution is -2.52. The molecule has 2 aliphatic rings. The smallest absolute Gasteiger partial charge is 0.254 e. The van der Waals surface area contributed by atoms with Crippen molar-refractivity contribution in [3.63, 3.8) is 0 Å². The Bertz CT molecular complexity index is 584. The van der Waals surface area contributed by atoms with E-state index in [4.69, 9.17) is 0 Å². The molecule has 1 amide bonds. The maximum atomic E-state index is 12.5. The molecule has 1 saturated heterocycles. The average molecular weight is 348 g/mol. The van der Waals surface area contributed by atoms with Crippen LogP contribution in [0.3, 0.4) is 0 Å². The van der Waals surface area contributed by atoms with Crippen molar-refractivity contribution in [2.24, 2.45) is 0 Å². The highest BCUT2D eigenvalue weighted by Crippen LogP contribution is 2.26. The van der Waals surface area contributed by atoms with Gasteiger partial charge in [0.2, 0.25) is 0 Å². The van der Waals surface area contributed by atoms with Crippen LogP contribution in [0.1, 0.15) is 69.7 Å². The van der Waals surface area contributed by atoms with E-state index in [2.05, 4.69) is 36.1 Å². The Morgan fingerprint density at radius 1 is 1.20 bits per heavy atom. The number of aliphatic hydroxyl groups excluding tert-OH is 1. The lowest BCUT2D eigenvalue weighted by atomic mass is 9.89. The second-order valence-corrected chi connectivity index (χ2v) is 8.55. The molecule has 0 aromatic carbocycles. The molecule has 1 aliphatic heterocycles. The van der Waals surface area contributed by atoms with E-state index in [1.54, 1.807) is 6.20 Å². The quantitative estimate of drug-likeness (QED) is 0.878. The number of hydrogen-bond donors (Lipinski definition) is 2. The standard InChI is InChI=1S/C19H32N4O2/c1-19(2,3)23-13-14(12-20-23)18(25)21-15-8-10-22(11-9-15)16-6-4-5-7-17(16)24/h12-13,15-17,24H,4-11H2,1-3H3,(H,21,25). The van der Waals surface area contributed by atoms with Crippen molar-refractivity contribution in [1.29, 1.82) is 0 Å². The fourth-order valence-corrected chi connectivity index (χ4v) is 3.97. The first-order chi connectivity index (χ1) is 11.8. The molecule has 1 aliphatic carbocycles. The third-order valence-corrected chi connectivity index (χ3v) is 5.56. The number of carbonyl (C=O) groups excluding carboxylic acids is 1. The van der Waals surface area contributed by atoms with Gasteiger partial charge in [0.05, 0.1) is 23.4 Å². The van der Waals surface area contributed by atoms with Crippen LogP contribution in [0.4, 0.5) is 0 Å². The first-order valence-electron chi connectivity index (χ1n) is 9.63. The van der Waals surface area contributed by atoms with Crippen LogP contribution in [0.5, 0.6) is 0 Å². The molecule has 140 valence electrons. The third-order valence-electron chi connectivity index (χ3n) is 5.56. The van der Waals surface area contributed by atoms with Gasteiger partial charge in [0, 0.05) is 31.4 Å². The summed E-state index contributed by atoms with van der Waals surface area (Å²) < 4.78 is 1.83. The second-order valence-electron chi connectivity index (χ2n) is 8.55. The number of aromatic nitrogens is 2. The van der Waals surface area contributed by atoms with E-state index in [1.165, 1.54) is 6.42 Å². The number of aliphatic hydroxyl groups is 1. The van der Waals surface area contributed by atoms with Crippen LogP contribution in [-0.4, -0.2) is 57.0 Å². The highest BCUT2D eigenvalue weighted by atomic mass is 16.3. The van der Waals surface area contributed by atoms with Gasteiger partial charge in [-0.25, -0.2) is 0 Å². The minimum Gasteiger partial charge on any atom is -0.391 e. The van der Waals surface area contributed by atoms with Crippen molar-refractivity contribution < 1.29 is 9.90 Å². The number of amides is 1. The SMILES string of the molecule is CC(C)(C)n1cc(C(=O)NC2CCN(C3CCCCC3O)CC2)cn1.